The number of rotatable bonds is 53. The Kier molecular flexibility index (Phi) is 54.0. The first kappa shape index (κ1) is 71.9. The molecule has 0 amide bonds. The zero-order valence-corrected chi connectivity index (χ0v) is 48.6. The molecule has 0 spiro atoms. The van der Waals surface area contributed by atoms with Gasteiger partial charge in [-0.05, 0) is 122 Å². The van der Waals surface area contributed by atoms with Gasteiger partial charge in [0.15, 0.2) is 6.10 Å². The molecule has 0 heterocycles. The van der Waals surface area contributed by atoms with Gasteiger partial charge in [-0.25, -0.2) is 4.57 Å². The molecule has 76 heavy (non-hydrogen) atoms. The summed E-state index contributed by atoms with van der Waals surface area (Å²) in [7, 11) is -4.78. The van der Waals surface area contributed by atoms with Crippen LogP contribution < -0.4 is 0 Å². The molecule has 0 aromatic carbocycles. The molecule has 0 saturated heterocycles. The quantitative estimate of drug-likeness (QED) is 0.0197. The van der Waals surface area contributed by atoms with Gasteiger partial charge in [0.2, 0.25) is 0 Å². The number of carbonyl (C=O) groups excluding carboxylic acids is 3. The first-order chi connectivity index (χ1) is 37.2. The fourth-order valence-electron chi connectivity index (χ4n) is 7.44. The van der Waals surface area contributed by atoms with Gasteiger partial charge in [0, 0.05) is 19.3 Å². The van der Waals surface area contributed by atoms with Crippen LogP contribution in [-0.2, 0) is 42.2 Å². The Labute approximate surface area is 462 Å². The maximum absolute atomic E-state index is 12.9. The van der Waals surface area contributed by atoms with Crippen LogP contribution in [0.4, 0.5) is 0 Å². The summed E-state index contributed by atoms with van der Waals surface area (Å²) in [4.78, 5) is 48.6. The molecule has 11 nitrogen and oxygen atoms in total. The van der Waals surface area contributed by atoms with Gasteiger partial charge in [-0.1, -0.05) is 206 Å². The first-order valence-electron chi connectivity index (χ1n) is 29.4. The summed E-state index contributed by atoms with van der Waals surface area (Å²) >= 11 is 0. The second kappa shape index (κ2) is 57.1. The molecule has 0 aromatic heterocycles. The minimum atomic E-state index is -4.78. The zero-order valence-electron chi connectivity index (χ0n) is 47.7. The predicted molar refractivity (Wildman–Crippen MR) is 316 cm³/mol. The molecule has 0 saturated carbocycles. The van der Waals surface area contributed by atoms with Crippen molar-refractivity contribution in [3.8, 4) is 0 Å². The Morgan fingerprint density at radius 3 is 1.12 bits per heavy atom. The van der Waals surface area contributed by atoms with E-state index in [-0.39, 0.29) is 25.9 Å². The van der Waals surface area contributed by atoms with Crippen LogP contribution in [0.3, 0.4) is 0 Å². The molecule has 0 radical (unpaired) electrons. The van der Waals surface area contributed by atoms with E-state index in [1.807, 2.05) is 12.2 Å². The van der Waals surface area contributed by atoms with Gasteiger partial charge in [0.1, 0.15) is 12.7 Å². The van der Waals surface area contributed by atoms with E-state index in [1.165, 1.54) is 57.8 Å². The van der Waals surface area contributed by atoms with E-state index in [2.05, 4.69) is 130 Å². The molecule has 0 rings (SSSR count). The summed E-state index contributed by atoms with van der Waals surface area (Å²) in [6.45, 7) is 4.28. The van der Waals surface area contributed by atoms with Crippen LogP contribution in [0.1, 0.15) is 226 Å². The molecule has 432 valence electrons. The van der Waals surface area contributed by atoms with E-state index in [0.29, 0.717) is 25.7 Å². The third kappa shape index (κ3) is 54.7. The van der Waals surface area contributed by atoms with Crippen LogP contribution in [-0.4, -0.2) is 66.5 Å². The lowest BCUT2D eigenvalue weighted by atomic mass is 10.1. The van der Waals surface area contributed by atoms with Crippen molar-refractivity contribution < 1.29 is 52.2 Å². The maximum Gasteiger partial charge on any atom is 0.472 e. The Hall–Kier alpha value is -4.12. The second-order valence-electron chi connectivity index (χ2n) is 19.0. The smallest absolute Gasteiger partial charge is 0.462 e. The second-order valence-corrected chi connectivity index (χ2v) is 20.5. The topological polar surface area (TPSA) is 155 Å². The third-order valence-electron chi connectivity index (χ3n) is 11.8. The van der Waals surface area contributed by atoms with Gasteiger partial charge in [0.25, 0.3) is 0 Å². The van der Waals surface area contributed by atoms with E-state index in [0.717, 1.165) is 103 Å². The number of hydrogen-bond acceptors (Lipinski definition) is 10. The van der Waals surface area contributed by atoms with Gasteiger partial charge in [-0.3, -0.25) is 23.4 Å². The van der Waals surface area contributed by atoms with Gasteiger partial charge < -0.3 is 24.2 Å². The Balaban J connectivity index is 4.84. The third-order valence-corrected chi connectivity index (χ3v) is 12.8. The van der Waals surface area contributed by atoms with Crippen LogP contribution in [0.15, 0.2) is 122 Å². The predicted octanol–water partition coefficient (Wildman–Crippen LogP) is 17.6. The van der Waals surface area contributed by atoms with Crippen molar-refractivity contribution in [3.05, 3.63) is 122 Å². The lowest BCUT2D eigenvalue weighted by Crippen LogP contribution is -2.30. The SMILES string of the molecule is CC/C=C\C/C=C\C/C=C\C/C=C\C/C=C\CCCC(=O)OC(COC(=O)CCCCCCCCCCC/C=C\C/C=C\CCCCC)COP(=O)(O)OCC(CO)OC(=O)CCCCC/C=C\C/C=C\C/C=C\CC. The first-order valence-corrected chi connectivity index (χ1v) is 30.9. The highest BCUT2D eigenvalue weighted by atomic mass is 31.2. The lowest BCUT2D eigenvalue weighted by Gasteiger charge is -2.21. The number of unbranched alkanes of at least 4 members (excludes halogenated alkanes) is 16. The van der Waals surface area contributed by atoms with Gasteiger partial charge in [0.05, 0.1) is 19.8 Å². The molecule has 3 atom stereocenters. The van der Waals surface area contributed by atoms with Crippen LogP contribution in [0, 0.1) is 0 Å². The number of esters is 3. The number of hydrogen-bond donors (Lipinski definition) is 2. The highest BCUT2D eigenvalue weighted by molar-refractivity contribution is 7.47. The number of phosphoric ester groups is 1. The van der Waals surface area contributed by atoms with Crippen LogP contribution >= 0.6 is 7.82 Å². The number of aliphatic hydroxyl groups is 1. The highest BCUT2D eigenvalue weighted by Crippen LogP contribution is 2.43. The fraction of sp³-hybridized carbons (Fsp3) is 0.641. The van der Waals surface area contributed by atoms with E-state index >= 15 is 0 Å². The lowest BCUT2D eigenvalue weighted by molar-refractivity contribution is -0.161. The highest BCUT2D eigenvalue weighted by Gasteiger charge is 2.28. The van der Waals surface area contributed by atoms with Crippen molar-refractivity contribution in [2.45, 2.75) is 238 Å². The molecular formula is C64H105O11P. The molecule has 0 aliphatic carbocycles. The number of ether oxygens (including phenoxy) is 3. The molecule has 0 aliphatic rings. The van der Waals surface area contributed by atoms with E-state index in [4.69, 9.17) is 23.3 Å². The number of phosphoric acid groups is 1. The number of allylic oxidation sites excluding steroid dienone is 20. The van der Waals surface area contributed by atoms with Crippen LogP contribution in [0.2, 0.25) is 0 Å². The minimum Gasteiger partial charge on any atom is -0.462 e. The summed E-state index contributed by atoms with van der Waals surface area (Å²) in [5, 5.41) is 9.81. The van der Waals surface area contributed by atoms with Crippen molar-refractivity contribution in [2.75, 3.05) is 26.4 Å². The van der Waals surface area contributed by atoms with Crippen LogP contribution in [0.5, 0.6) is 0 Å². The molecule has 2 N–H and O–H groups in total. The average molecular weight is 1080 g/mol. The van der Waals surface area contributed by atoms with E-state index < -0.39 is 57.8 Å². The summed E-state index contributed by atoms with van der Waals surface area (Å²) in [5.74, 6) is -1.58. The molecule has 0 fully saturated rings. The standard InChI is InChI=1S/C64H105O11P/c1-4-7-10-13-16-19-22-25-27-29-30-32-33-36-38-41-44-47-50-53-62(66)71-57-61(75-64(68)55-52-49-46-43-40-37-34-31-28-26-23-20-17-14-11-8-5-2)59-73-76(69,70)72-58-60(56-65)74-63(67)54-51-48-45-42-39-35-24-21-18-15-12-9-6-3/h8-9,11-12,16-21,25-28,34-35,37,39,43,46,60-61,65H,4-7,10,13-15,22-24,29-33,36,38,40-42,44-45,47-59H2,1-3H3,(H,69,70)/b11-8-,12-9-,19-16-,20-17-,21-18-,27-25-,28-26-,37-34-,39-35-,46-43-. The minimum absolute atomic E-state index is 0.0801. The van der Waals surface area contributed by atoms with Gasteiger partial charge >= 0.3 is 25.7 Å². The van der Waals surface area contributed by atoms with Crippen molar-refractivity contribution in [2.24, 2.45) is 0 Å². The van der Waals surface area contributed by atoms with Crippen LogP contribution in [0.25, 0.3) is 0 Å². The van der Waals surface area contributed by atoms with Crippen molar-refractivity contribution >= 4 is 25.7 Å². The van der Waals surface area contributed by atoms with Crippen molar-refractivity contribution in [3.63, 3.8) is 0 Å². The summed E-state index contributed by atoms with van der Waals surface area (Å²) in [5.41, 5.74) is 0. The average Bonchev–Trinajstić information content (AvgIpc) is 3.41. The molecule has 3 unspecified atom stereocenters. The Morgan fingerprint density at radius 1 is 0.382 bits per heavy atom. The number of aliphatic hydroxyl groups excluding tert-OH is 1. The van der Waals surface area contributed by atoms with E-state index in [1.54, 1.807) is 0 Å². The van der Waals surface area contributed by atoms with Gasteiger partial charge in [-0.2, -0.15) is 0 Å². The summed E-state index contributed by atoms with van der Waals surface area (Å²) in [6, 6.07) is 0. The summed E-state index contributed by atoms with van der Waals surface area (Å²) < 4.78 is 39.4. The Morgan fingerprint density at radius 2 is 0.697 bits per heavy atom. The molecule has 0 aromatic rings. The van der Waals surface area contributed by atoms with Crippen molar-refractivity contribution in [1.82, 2.24) is 0 Å². The molecule has 12 heteroatoms. The summed E-state index contributed by atoms with van der Waals surface area (Å²) in [6.07, 6.45) is 70.2. The number of carbonyl (C=O) groups is 3. The fourth-order valence-corrected chi connectivity index (χ4v) is 8.22. The van der Waals surface area contributed by atoms with Crippen molar-refractivity contribution in [1.29, 1.82) is 0 Å². The molecule has 0 bridgehead atoms. The largest absolute Gasteiger partial charge is 0.472 e. The molecule has 0 aliphatic heterocycles. The molecular weight excluding hydrogens is 976 g/mol. The van der Waals surface area contributed by atoms with E-state index in [9.17, 15) is 28.9 Å². The monoisotopic (exact) mass is 1080 g/mol. The zero-order chi connectivity index (χ0) is 55.5. The van der Waals surface area contributed by atoms with Gasteiger partial charge in [-0.15, -0.1) is 0 Å². The Bertz CT molecular complexity index is 1740. The normalized spacial score (nSPS) is 14.2. The maximum atomic E-state index is 12.9.